The van der Waals surface area contributed by atoms with Crippen LogP contribution >= 0.6 is 23.2 Å². The number of ether oxygens (including phenoxy) is 1. The van der Waals surface area contributed by atoms with Crippen molar-refractivity contribution in [3.63, 3.8) is 0 Å². The highest BCUT2D eigenvalue weighted by Gasteiger charge is 2.43. The molecule has 2 aromatic rings. The fraction of sp³-hybridized carbons (Fsp3) is 0.333. The quantitative estimate of drug-likeness (QED) is 0.584. The third-order valence-electron chi connectivity index (χ3n) is 5.78. The number of hydrogen-bond donors (Lipinski definition) is 1. The zero-order chi connectivity index (χ0) is 22.5. The number of methoxy groups -OCH3 is 1. The minimum Gasteiger partial charge on any atom is -0.495 e. The number of Topliss-reactive ketones (excluding diaryl/α,β-unsaturated/α-hetero) is 1. The van der Waals surface area contributed by atoms with Gasteiger partial charge in [0.15, 0.2) is 5.78 Å². The van der Waals surface area contributed by atoms with Gasteiger partial charge in [-0.25, -0.2) is 0 Å². The van der Waals surface area contributed by atoms with Crippen LogP contribution in [-0.4, -0.2) is 18.8 Å². The Hall–Kier alpha value is -2.50. The number of rotatable bonds is 2. The van der Waals surface area contributed by atoms with Gasteiger partial charge < -0.3 is 10.1 Å². The Labute approximate surface area is 192 Å². The van der Waals surface area contributed by atoms with Crippen LogP contribution in [0.15, 0.2) is 47.7 Å². The molecule has 4 rings (SSSR count). The number of hydrogen-bond acceptors (Lipinski definition) is 4. The lowest BCUT2D eigenvalue weighted by Gasteiger charge is -2.37. The van der Waals surface area contributed by atoms with Gasteiger partial charge in [0.1, 0.15) is 5.75 Å². The zero-order valence-electron chi connectivity index (χ0n) is 17.9. The summed E-state index contributed by atoms with van der Waals surface area (Å²) in [4.78, 5) is 28.2. The SMILES string of the molecule is COc1c(Cl)cc(Cl)cc1[C@H]1C2=C(CC(C)(C)CC2=O)Nc2ccccc2N1C(C)=O. The maximum atomic E-state index is 13.5. The van der Waals surface area contributed by atoms with Crippen LogP contribution in [0, 0.1) is 5.41 Å². The second kappa shape index (κ2) is 7.88. The molecule has 1 aliphatic carbocycles. The highest BCUT2D eigenvalue weighted by Crippen LogP contribution is 2.51. The smallest absolute Gasteiger partial charge is 0.224 e. The van der Waals surface area contributed by atoms with E-state index in [1.54, 1.807) is 17.0 Å². The van der Waals surface area contributed by atoms with Crippen molar-refractivity contribution in [1.29, 1.82) is 0 Å². The summed E-state index contributed by atoms with van der Waals surface area (Å²) in [6, 6.07) is 10.1. The second-order valence-corrected chi connectivity index (χ2v) is 9.62. The molecular formula is C24H24Cl2N2O3. The third-order valence-corrected chi connectivity index (χ3v) is 6.27. The maximum Gasteiger partial charge on any atom is 0.224 e. The third kappa shape index (κ3) is 3.81. The Balaban J connectivity index is 2.08. The monoisotopic (exact) mass is 458 g/mol. The molecule has 2 aliphatic rings. The minimum absolute atomic E-state index is 0.0130. The molecule has 2 aromatic carbocycles. The molecule has 1 atom stereocenters. The largest absolute Gasteiger partial charge is 0.495 e. The van der Waals surface area contributed by atoms with Gasteiger partial charge in [-0.2, -0.15) is 0 Å². The van der Waals surface area contributed by atoms with E-state index in [-0.39, 0.29) is 17.1 Å². The van der Waals surface area contributed by atoms with Crippen molar-refractivity contribution >= 4 is 46.3 Å². The van der Waals surface area contributed by atoms with E-state index in [4.69, 9.17) is 27.9 Å². The standard InChI is InChI=1S/C24H24Cl2N2O3/c1-13(29)28-19-8-6-5-7-17(19)27-18-11-24(2,3)12-20(30)21(18)22(28)15-9-14(25)10-16(26)23(15)31-4/h5-10,22,27H,11-12H2,1-4H3/t22-/m0/s1. The van der Waals surface area contributed by atoms with Crippen molar-refractivity contribution in [3.8, 4) is 5.75 Å². The van der Waals surface area contributed by atoms with Crippen LogP contribution in [0.2, 0.25) is 10.0 Å². The number of carbonyl (C=O) groups is 2. The first-order valence-electron chi connectivity index (χ1n) is 10.1. The molecule has 1 aliphatic heterocycles. The van der Waals surface area contributed by atoms with Gasteiger partial charge in [-0.15, -0.1) is 0 Å². The van der Waals surface area contributed by atoms with Gasteiger partial charge in [0, 0.05) is 35.2 Å². The summed E-state index contributed by atoms with van der Waals surface area (Å²) in [7, 11) is 1.51. The van der Waals surface area contributed by atoms with Gasteiger partial charge in [-0.05, 0) is 36.1 Å². The molecule has 1 amide bonds. The van der Waals surface area contributed by atoms with E-state index < -0.39 is 6.04 Å². The van der Waals surface area contributed by atoms with E-state index >= 15 is 0 Å². The second-order valence-electron chi connectivity index (χ2n) is 8.78. The predicted octanol–water partition coefficient (Wildman–Crippen LogP) is 6.16. The molecule has 0 aromatic heterocycles. The van der Waals surface area contributed by atoms with Gasteiger partial charge >= 0.3 is 0 Å². The number of amides is 1. The predicted molar refractivity (Wildman–Crippen MR) is 124 cm³/mol. The van der Waals surface area contributed by atoms with Crippen LogP contribution in [0.25, 0.3) is 0 Å². The van der Waals surface area contributed by atoms with Crippen molar-refractivity contribution in [3.05, 3.63) is 63.3 Å². The topological polar surface area (TPSA) is 58.6 Å². The number of nitrogens with one attached hydrogen (secondary N) is 1. The van der Waals surface area contributed by atoms with Gasteiger partial charge in [-0.3, -0.25) is 14.5 Å². The lowest BCUT2D eigenvalue weighted by Crippen LogP contribution is -2.38. The molecule has 5 nitrogen and oxygen atoms in total. The van der Waals surface area contributed by atoms with E-state index in [2.05, 4.69) is 19.2 Å². The Kier molecular flexibility index (Phi) is 5.52. The van der Waals surface area contributed by atoms with E-state index in [0.29, 0.717) is 45.5 Å². The van der Waals surface area contributed by atoms with Crippen LogP contribution in [0.4, 0.5) is 11.4 Å². The summed E-state index contributed by atoms with van der Waals surface area (Å²) in [5.74, 6) is 0.177. The molecular weight excluding hydrogens is 435 g/mol. The van der Waals surface area contributed by atoms with E-state index in [9.17, 15) is 9.59 Å². The summed E-state index contributed by atoms with van der Waals surface area (Å²) < 4.78 is 5.61. The number of anilines is 2. The molecule has 7 heteroatoms. The van der Waals surface area contributed by atoms with Crippen LogP contribution < -0.4 is 15.0 Å². The number of para-hydroxylation sites is 2. The van der Waals surface area contributed by atoms with Crippen molar-refractivity contribution < 1.29 is 14.3 Å². The average molecular weight is 459 g/mol. The molecule has 0 fully saturated rings. The molecule has 0 saturated carbocycles. The van der Waals surface area contributed by atoms with Crippen molar-refractivity contribution in [1.82, 2.24) is 0 Å². The molecule has 0 unspecified atom stereocenters. The first-order chi connectivity index (χ1) is 14.6. The number of halogens is 2. The van der Waals surface area contributed by atoms with E-state index in [1.807, 2.05) is 24.3 Å². The molecule has 162 valence electrons. The van der Waals surface area contributed by atoms with Crippen molar-refractivity contribution in [2.24, 2.45) is 5.41 Å². The zero-order valence-corrected chi connectivity index (χ0v) is 19.4. The van der Waals surface area contributed by atoms with Crippen LogP contribution in [0.3, 0.4) is 0 Å². The summed E-state index contributed by atoms with van der Waals surface area (Å²) in [5.41, 5.74) is 3.17. The van der Waals surface area contributed by atoms with Crippen LogP contribution in [0.5, 0.6) is 5.75 Å². The molecule has 0 bridgehead atoms. The number of fused-ring (bicyclic) bond motifs is 1. The summed E-state index contributed by atoms with van der Waals surface area (Å²) >= 11 is 12.8. The number of carbonyl (C=O) groups excluding carboxylic acids is 2. The summed E-state index contributed by atoms with van der Waals surface area (Å²) in [5, 5.41) is 4.18. The van der Waals surface area contributed by atoms with Gasteiger partial charge in [0.25, 0.3) is 0 Å². The first kappa shape index (κ1) is 21.7. The molecule has 0 saturated heterocycles. The van der Waals surface area contributed by atoms with E-state index in [1.165, 1.54) is 14.0 Å². The maximum absolute atomic E-state index is 13.5. The van der Waals surface area contributed by atoms with Gasteiger partial charge in [0.2, 0.25) is 5.91 Å². The Morgan fingerprint density at radius 2 is 1.90 bits per heavy atom. The molecule has 31 heavy (non-hydrogen) atoms. The number of benzene rings is 2. The fourth-order valence-electron chi connectivity index (χ4n) is 4.63. The van der Waals surface area contributed by atoms with Gasteiger partial charge in [0.05, 0.1) is 29.5 Å². The van der Waals surface area contributed by atoms with Crippen LogP contribution in [0.1, 0.15) is 45.2 Å². The molecule has 0 radical (unpaired) electrons. The van der Waals surface area contributed by atoms with Crippen molar-refractivity contribution in [2.75, 3.05) is 17.3 Å². The highest BCUT2D eigenvalue weighted by molar-refractivity contribution is 6.35. The fourth-order valence-corrected chi connectivity index (χ4v) is 5.21. The lowest BCUT2D eigenvalue weighted by atomic mass is 9.73. The van der Waals surface area contributed by atoms with Crippen molar-refractivity contribution in [2.45, 2.75) is 39.7 Å². The summed E-state index contributed by atoms with van der Waals surface area (Å²) in [6.07, 6.45) is 1.05. The Morgan fingerprint density at radius 3 is 2.58 bits per heavy atom. The average Bonchev–Trinajstić information content (AvgIpc) is 2.80. The van der Waals surface area contributed by atoms with Crippen LogP contribution in [-0.2, 0) is 9.59 Å². The highest BCUT2D eigenvalue weighted by atomic mass is 35.5. The number of ketones is 1. The molecule has 1 heterocycles. The summed E-state index contributed by atoms with van der Waals surface area (Å²) in [6.45, 7) is 5.63. The van der Waals surface area contributed by atoms with Gasteiger partial charge in [-0.1, -0.05) is 49.2 Å². The first-order valence-corrected chi connectivity index (χ1v) is 10.8. The number of nitrogens with zero attached hydrogens (tertiary/aromatic N) is 1. The van der Waals surface area contributed by atoms with E-state index in [0.717, 1.165) is 11.4 Å². The number of allylic oxidation sites excluding steroid dienone is 1. The molecule has 0 spiro atoms. The minimum atomic E-state index is -0.724. The Morgan fingerprint density at radius 1 is 1.19 bits per heavy atom. The normalized spacial score (nSPS) is 19.9. The molecule has 1 N–H and O–H groups in total. The Bertz CT molecular complexity index is 1120. The lowest BCUT2D eigenvalue weighted by molar-refractivity contribution is -0.118.